The summed E-state index contributed by atoms with van der Waals surface area (Å²) in [6.07, 6.45) is 0. The first-order valence-corrected chi connectivity index (χ1v) is 5.87. The van der Waals surface area contributed by atoms with Gasteiger partial charge in [-0.05, 0) is 6.07 Å². The van der Waals surface area contributed by atoms with E-state index in [1.54, 1.807) is 11.7 Å². The number of aryl methyl sites for hydroxylation is 1. The maximum Gasteiger partial charge on any atom is 0.275 e. The summed E-state index contributed by atoms with van der Waals surface area (Å²) in [4.78, 5) is 14.0. The predicted octanol–water partition coefficient (Wildman–Crippen LogP) is 0.931. The molecule has 2 rings (SSSR count). The Balaban J connectivity index is 2.42. The van der Waals surface area contributed by atoms with Crippen LogP contribution in [0.2, 0.25) is 0 Å². The number of hydrogen-bond donors (Lipinski definition) is 1. The van der Waals surface area contributed by atoms with Gasteiger partial charge in [0.1, 0.15) is 0 Å². The van der Waals surface area contributed by atoms with E-state index in [9.17, 15) is 4.79 Å². The number of likely N-dealkylation sites (N-methyl/N-ethyl adjacent to an activating group) is 1. The van der Waals surface area contributed by atoms with E-state index in [1.165, 1.54) is 4.90 Å². The van der Waals surface area contributed by atoms with Crippen LogP contribution in [0.25, 0.3) is 10.9 Å². The van der Waals surface area contributed by atoms with Crippen LogP contribution in [-0.4, -0.2) is 39.2 Å². The first kappa shape index (κ1) is 12.5. The van der Waals surface area contributed by atoms with Gasteiger partial charge in [0.25, 0.3) is 5.91 Å². The molecular weight excluding hydrogens is 248 g/mol. The number of nitrogens with zero attached hydrogens (tertiary/aromatic N) is 3. The summed E-state index contributed by atoms with van der Waals surface area (Å²) in [5, 5.41) is 5.09. The lowest BCUT2D eigenvalue weighted by molar-refractivity contribution is 0.0810. The van der Waals surface area contributed by atoms with E-state index in [-0.39, 0.29) is 17.4 Å². The first-order chi connectivity index (χ1) is 8.50. The number of fused-ring (bicyclic) bond motifs is 1. The summed E-state index contributed by atoms with van der Waals surface area (Å²) >= 11 is 4.80. The molecule has 6 heteroatoms. The molecule has 0 fully saturated rings. The van der Waals surface area contributed by atoms with Crippen LogP contribution in [-0.2, 0) is 7.05 Å². The summed E-state index contributed by atoms with van der Waals surface area (Å²) in [7, 11) is 3.47. The van der Waals surface area contributed by atoms with E-state index >= 15 is 0 Å². The third-order valence-corrected chi connectivity index (χ3v) is 2.83. The number of nitrogens with two attached hydrogens (primary N) is 1. The Kier molecular flexibility index (Phi) is 3.29. The molecule has 0 saturated heterocycles. The number of benzene rings is 1. The largest absolute Gasteiger partial charge is 0.392 e. The maximum absolute atomic E-state index is 12.2. The molecule has 1 aromatic heterocycles. The molecule has 0 aliphatic rings. The zero-order valence-electron chi connectivity index (χ0n) is 10.3. The predicted molar refractivity (Wildman–Crippen MR) is 74.5 cm³/mol. The minimum Gasteiger partial charge on any atom is -0.392 e. The molecule has 94 valence electrons. The van der Waals surface area contributed by atoms with E-state index in [0.29, 0.717) is 5.69 Å². The molecular formula is C12H14N4OS. The van der Waals surface area contributed by atoms with Crippen LogP contribution in [0.3, 0.4) is 0 Å². The number of aromatic nitrogens is 2. The van der Waals surface area contributed by atoms with Gasteiger partial charge in [-0.15, -0.1) is 0 Å². The third-order valence-electron chi connectivity index (χ3n) is 2.70. The standard InChI is InChI=1S/C12H14N4OS/c1-15(7-10(13)18)12(17)11-8-5-3-4-6-9(8)16(2)14-11/h3-6H,7H2,1-2H3,(H2,13,18). The Morgan fingerprint density at radius 1 is 1.50 bits per heavy atom. The minimum atomic E-state index is -0.181. The number of para-hydroxylation sites is 1. The zero-order chi connectivity index (χ0) is 13.3. The summed E-state index contributed by atoms with van der Waals surface area (Å²) in [6, 6.07) is 7.60. The average molecular weight is 262 g/mol. The molecule has 0 radical (unpaired) electrons. The van der Waals surface area contributed by atoms with E-state index in [0.717, 1.165) is 10.9 Å². The second-order valence-corrected chi connectivity index (χ2v) is 4.64. The molecule has 1 heterocycles. The number of carbonyl (C=O) groups excluding carboxylic acids is 1. The van der Waals surface area contributed by atoms with Crippen molar-refractivity contribution < 1.29 is 4.79 Å². The van der Waals surface area contributed by atoms with E-state index in [1.807, 2.05) is 31.3 Å². The van der Waals surface area contributed by atoms with Crippen molar-refractivity contribution in [2.24, 2.45) is 12.8 Å². The van der Waals surface area contributed by atoms with Gasteiger partial charge in [0.15, 0.2) is 5.69 Å². The van der Waals surface area contributed by atoms with Gasteiger partial charge in [-0.3, -0.25) is 9.48 Å². The molecule has 1 aromatic carbocycles. The van der Waals surface area contributed by atoms with Crippen molar-refractivity contribution in [1.82, 2.24) is 14.7 Å². The minimum absolute atomic E-state index is 0.181. The molecule has 2 aromatic rings. The van der Waals surface area contributed by atoms with Crippen molar-refractivity contribution in [3.8, 4) is 0 Å². The van der Waals surface area contributed by atoms with Crippen molar-refractivity contribution in [1.29, 1.82) is 0 Å². The summed E-state index contributed by atoms with van der Waals surface area (Å²) in [6.45, 7) is 0.249. The zero-order valence-corrected chi connectivity index (χ0v) is 11.1. The number of amides is 1. The average Bonchev–Trinajstić information content (AvgIpc) is 2.66. The fraction of sp³-hybridized carbons (Fsp3) is 0.250. The van der Waals surface area contributed by atoms with Crippen LogP contribution in [0.4, 0.5) is 0 Å². The van der Waals surface area contributed by atoms with Crippen molar-refractivity contribution in [2.75, 3.05) is 13.6 Å². The lowest BCUT2D eigenvalue weighted by Gasteiger charge is -2.14. The van der Waals surface area contributed by atoms with Gasteiger partial charge in [0.2, 0.25) is 0 Å². The van der Waals surface area contributed by atoms with Crippen molar-refractivity contribution in [3.05, 3.63) is 30.0 Å². The Bertz CT molecular complexity index is 620. The van der Waals surface area contributed by atoms with Crippen LogP contribution in [0, 0.1) is 0 Å². The van der Waals surface area contributed by atoms with Crippen LogP contribution in [0.5, 0.6) is 0 Å². The van der Waals surface area contributed by atoms with E-state index < -0.39 is 0 Å². The number of thiocarbonyl (C=S) groups is 1. The quantitative estimate of drug-likeness (QED) is 0.836. The smallest absolute Gasteiger partial charge is 0.275 e. The van der Waals surface area contributed by atoms with Crippen LogP contribution < -0.4 is 5.73 Å². The monoisotopic (exact) mass is 262 g/mol. The Labute approximate surface area is 110 Å². The molecule has 18 heavy (non-hydrogen) atoms. The van der Waals surface area contributed by atoms with Gasteiger partial charge >= 0.3 is 0 Å². The van der Waals surface area contributed by atoms with Gasteiger partial charge in [-0.1, -0.05) is 30.4 Å². The second-order valence-electron chi connectivity index (χ2n) is 4.12. The van der Waals surface area contributed by atoms with Crippen molar-refractivity contribution >= 4 is 34.0 Å². The second kappa shape index (κ2) is 4.73. The highest BCUT2D eigenvalue weighted by molar-refractivity contribution is 7.80. The van der Waals surface area contributed by atoms with Gasteiger partial charge in [-0.25, -0.2) is 0 Å². The summed E-state index contributed by atoms with van der Waals surface area (Å²) in [5.41, 5.74) is 6.78. The van der Waals surface area contributed by atoms with E-state index in [4.69, 9.17) is 18.0 Å². The summed E-state index contributed by atoms with van der Waals surface area (Å²) in [5.74, 6) is -0.181. The highest BCUT2D eigenvalue weighted by atomic mass is 32.1. The Hall–Kier alpha value is -1.95. The van der Waals surface area contributed by atoms with Crippen molar-refractivity contribution in [2.45, 2.75) is 0 Å². The van der Waals surface area contributed by atoms with Gasteiger partial charge in [-0.2, -0.15) is 5.10 Å². The van der Waals surface area contributed by atoms with Crippen LogP contribution >= 0.6 is 12.2 Å². The molecule has 0 unspecified atom stereocenters. The molecule has 0 aliphatic heterocycles. The maximum atomic E-state index is 12.2. The Morgan fingerprint density at radius 3 is 2.83 bits per heavy atom. The normalized spacial score (nSPS) is 10.6. The number of rotatable bonds is 3. The fourth-order valence-corrected chi connectivity index (χ4v) is 2.05. The van der Waals surface area contributed by atoms with Gasteiger partial charge in [0, 0.05) is 19.5 Å². The highest BCUT2D eigenvalue weighted by Crippen LogP contribution is 2.18. The van der Waals surface area contributed by atoms with Crippen molar-refractivity contribution in [3.63, 3.8) is 0 Å². The van der Waals surface area contributed by atoms with Gasteiger partial charge < -0.3 is 10.6 Å². The first-order valence-electron chi connectivity index (χ1n) is 5.46. The fourth-order valence-electron chi connectivity index (χ4n) is 1.86. The molecule has 0 atom stereocenters. The molecule has 2 N–H and O–H groups in total. The highest BCUT2D eigenvalue weighted by Gasteiger charge is 2.19. The molecule has 0 saturated carbocycles. The van der Waals surface area contributed by atoms with E-state index in [2.05, 4.69) is 5.10 Å². The number of carbonyl (C=O) groups is 1. The Morgan fingerprint density at radius 2 is 2.17 bits per heavy atom. The lowest BCUT2D eigenvalue weighted by atomic mass is 10.2. The molecule has 1 amide bonds. The SMILES string of the molecule is CN(CC(N)=S)C(=O)c1nn(C)c2ccccc12. The topological polar surface area (TPSA) is 64.2 Å². The summed E-state index contributed by atoms with van der Waals surface area (Å²) < 4.78 is 1.69. The van der Waals surface area contributed by atoms with Crippen LogP contribution in [0.15, 0.2) is 24.3 Å². The molecule has 5 nitrogen and oxygen atoms in total. The van der Waals surface area contributed by atoms with Gasteiger partial charge in [0.05, 0.1) is 17.0 Å². The lowest BCUT2D eigenvalue weighted by Crippen LogP contribution is -2.34. The molecule has 0 spiro atoms. The third kappa shape index (κ3) is 2.19. The molecule has 0 bridgehead atoms. The number of hydrogen-bond acceptors (Lipinski definition) is 3. The van der Waals surface area contributed by atoms with Crippen LogP contribution in [0.1, 0.15) is 10.5 Å². The molecule has 0 aliphatic carbocycles.